The number of nitrogens with zero attached hydrogens (tertiary/aromatic N) is 3. The molecule has 3 heterocycles. The Labute approximate surface area is 203 Å². The van der Waals surface area contributed by atoms with E-state index in [9.17, 15) is 4.79 Å². The van der Waals surface area contributed by atoms with Gasteiger partial charge in [0.1, 0.15) is 14.2 Å². The topological polar surface area (TPSA) is 29.1 Å². The third kappa shape index (κ3) is 3.83. The third-order valence-corrected chi connectivity index (χ3v) is 9.00. The lowest BCUT2D eigenvalue weighted by Crippen LogP contribution is -2.36. The first-order valence-corrected chi connectivity index (χ1v) is 13.1. The zero-order valence-corrected chi connectivity index (χ0v) is 20.8. The number of thiazole rings is 2. The standard InChI is InChI=1S/C24H21ClN3OS3/c1-3-28-20(14-19-27(12-13-30-19)15-16-8-5-4-6-9-16)32-22(23(28)29)24-26(2)21-17(25)10-7-11-18(21)31-24/h4-14H,3,15H2,1-2H3/q+1/b24-22+. The Kier molecular flexibility index (Phi) is 5.99. The highest BCUT2D eigenvalue weighted by Gasteiger charge is 2.26. The molecule has 162 valence electrons. The van der Waals surface area contributed by atoms with Crippen molar-refractivity contribution in [2.45, 2.75) is 24.9 Å². The van der Waals surface area contributed by atoms with E-state index in [0.717, 1.165) is 36.4 Å². The van der Waals surface area contributed by atoms with E-state index in [1.54, 1.807) is 34.4 Å². The van der Waals surface area contributed by atoms with Crippen molar-refractivity contribution >= 4 is 62.8 Å². The molecule has 2 aromatic heterocycles. The second-order valence-electron chi connectivity index (χ2n) is 7.37. The molecule has 0 atom stereocenters. The molecule has 0 N–H and O–H groups in total. The monoisotopic (exact) mass is 498 g/mol. The molecular weight excluding hydrogens is 478 g/mol. The Morgan fingerprint density at radius 2 is 1.94 bits per heavy atom. The summed E-state index contributed by atoms with van der Waals surface area (Å²) in [7, 11) is 1.98. The van der Waals surface area contributed by atoms with Crippen LogP contribution in [0.2, 0.25) is 5.02 Å². The molecule has 0 fully saturated rings. The van der Waals surface area contributed by atoms with Crippen LogP contribution in [-0.2, 0) is 13.1 Å². The van der Waals surface area contributed by atoms with Crippen LogP contribution in [0.3, 0.4) is 0 Å². The number of thioether (sulfide) groups is 1. The summed E-state index contributed by atoms with van der Waals surface area (Å²) in [5, 5.41) is 4.85. The molecule has 5 rings (SSSR count). The van der Waals surface area contributed by atoms with Crippen LogP contribution < -0.4 is 24.2 Å². The minimum absolute atomic E-state index is 0.0493. The van der Waals surface area contributed by atoms with Crippen molar-refractivity contribution in [3.63, 3.8) is 0 Å². The van der Waals surface area contributed by atoms with Gasteiger partial charge in [0.15, 0.2) is 12.7 Å². The largest absolute Gasteiger partial charge is 0.336 e. The van der Waals surface area contributed by atoms with Crippen molar-refractivity contribution in [3.05, 3.63) is 95.3 Å². The molecule has 0 spiro atoms. The van der Waals surface area contributed by atoms with Gasteiger partial charge >= 0.3 is 0 Å². The molecule has 4 nitrogen and oxygen atoms in total. The smallest absolute Gasteiger partial charge is 0.271 e. The van der Waals surface area contributed by atoms with E-state index in [1.165, 1.54) is 5.56 Å². The fourth-order valence-corrected chi connectivity index (χ4v) is 7.49. The molecule has 0 unspecified atom stereocenters. The summed E-state index contributed by atoms with van der Waals surface area (Å²) in [5.41, 5.74) is 2.27. The highest BCUT2D eigenvalue weighted by Crippen LogP contribution is 2.48. The Hall–Kier alpha value is -2.32. The fourth-order valence-electron chi connectivity index (χ4n) is 3.79. The maximum atomic E-state index is 13.3. The molecular formula is C24H21ClN3OS3+. The van der Waals surface area contributed by atoms with Gasteiger partial charge in [0.25, 0.3) is 10.6 Å². The van der Waals surface area contributed by atoms with Crippen LogP contribution in [0.5, 0.6) is 0 Å². The molecule has 2 aromatic carbocycles. The molecule has 0 aliphatic carbocycles. The summed E-state index contributed by atoms with van der Waals surface area (Å²) >= 11 is 11.3. The molecule has 4 aromatic rings. The fraction of sp³-hybridized carbons (Fsp3) is 0.167. The van der Waals surface area contributed by atoms with Crippen LogP contribution in [-0.4, -0.2) is 11.6 Å². The summed E-state index contributed by atoms with van der Waals surface area (Å²) in [6, 6.07) is 16.3. The average molecular weight is 499 g/mol. The average Bonchev–Trinajstić information content (AvgIpc) is 3.46. The normalized spacial score (nSPS) is 15.5. The van der Waals surface area contributed by atoms with Gasteiger partial charge < -0.3 is 4.90 Å². The van der Waals surface area contributed by atoms with Gasteiger partial charge in [-0.25, -0.2) is 0 Å². The summed E-state index contributed by atoms with van der Waals surface area (Å²) in [6.45, 7) is 3.44. The van der Waals surface area contributed by atoms with Crippen LogP contribution >= 0.6 is 46.0 Å². The van der Waals surface area contributed by atoms with Gasteiger partial charge in [-0.3, -0.25) is 9.36 Å². The first-order chi connectivity index (χ1) is 15.6. The van der Waals surface area contributed by atoms with Crippen molar-refractivity contribution < 1.29 is 4.57 Å². The third-order valence-electron chi connectivity index (χ3n) is 5.37. The number of rotatable bonds is 4. The SMILES string of the molecule is CCn1c(=O)/c(=C2\Sc3cccc(Cl)c3N2C)s/c1=C\c1scc[n+]1Cc1ccccc1. The summed E-state index contributed by atoms with van der Waals surface area (Å²) in [6.07, 6.45) is 4.23. The number of anilines is 1. The molecule has 0 radical (unpaired) electrons. The van der Waals surface area contributed by atoms with Gasteiger partial charge in [-0.05, 0) is 19.1 Å². The summed E-state index contributed by atoms with van der Waals surface area (Å²) in [5.74, 6) is 0. The van der Waals surface area contributed by atoms with Crippen molar-refractivity contribution in [1.82, 2.24) is 4.57 Å². The van der Waals surface area contributed by atoms with Crippen molar-refractivity contribution in [2.75, 3.05) is 11.9 Å². The van der Waals surface area contributed by atoms with E-state index in [2.05, 4.69) is 46.5 Å². The maximum absolute atomic E-state index is 13.3. The van der Waals surface area contributed by atoms with E-state index in [0.29, 0.717) is 11.6 Å². The van der Waals surface area contributed by atoms with Crippen molar-refractivity contribution in [2.24, 2.45) is 0 Å². The van der Waals surface area contributed by atoms with Crippen LogP contribution in [0.4, 0.5) is 5.69 Å². The number of fused-ring (bicyclic) bond motifs is 1. The second-order valence-corrected chi connectivity index (χ2v) is 10.8. The number of hydrogen-bond donors (Lipinski definition) is 0. The van der Waals surface area contributed by atoms with Crippen LogP contribution in [0, 0.1) is 0 Å². The Bertz CT molecular complexity index is 1470. The summed E-state index contributed by atoms with van der Waals surface area (Å²) < 4.78 is 5.80. The van der Waals surface area contributed by atoms with Gasteiger partial charge in [0.05, 0.1) is 22.2 Å². The lowest BCUT2D eigenvalue weighted by Gasteiger charge is -2.13. The lowest BCUT2D eigenvalue weighted by molar-refractivity contribution is -0.685. The zero-order valence-electron chi connectivity index (χ0n) is 17.6. The van der Waals surface area contributed by atoms with Gasteiger partial charge in [-0.1, -0.05) is 71.1 Å². The highest BCUT2D eigenvalue weighted by molar-refractivity contribution is 8.08. The molecule has 0 amide bonds. The zero-order chi connectivity index (χ0) is 22.2. The van der Waals surface area contributed by atoms with Crippen molar-refractivity contribution in [3.8, 4) is 0 Å². The van der Waals surface area contributed by atoms with Gasteiger partial charge in [0.2, 0.25) is 0 Å². The second kappa shape index (κ2) is 8.90. The Morgan fingerprint density at radius 3 is 2.69 bits per heavy atom. The van der Waals surface area contributed by atoms with E-state index in [1.807, 2.05) is 47.7 Å². The van der Waals surface area contributed by atoms with Crippen LogP contribution in [0.15, 0.2) is 69.8 Å². The predicted octanol–water partition coefficient (Wildman–Crippen LogP) is 4.12. The summed E-state index contributed by atoms with van der Waals surface area (Å²) in [4.78, 5) is 16.5. The molecule has 0 saturated heterocycles. The minimum Gasteiger partial charge on any atom is -0.336 e. The molecule has 1 aliphatic heterocycles. The molecule has 0 bridgehead atoms. The molecule has 32 heavy (non-hydrogen) atoms. The highest BCUT2D eigenvalue weighted by atomic mass is 35.5. The number of aromatic nitrogens is 2. The van der Waals surface area contributed by atoms with E-state index in [-0.39, 0.29) is 5.56 Å². The number of hydrogen-bond acceptors (Lipinski definition) is 5. The Morgan fingerprint density at radius 1 is 1.12 bits per heavy atom. The van der Waals surface area contributed by atoms with E-state index >= 15 is 0 Å². The molecule has 0 saturated carbocycles. The quantitative estimate of drug-likeness (QED) is 0.396. The molecule has 8 heteroatoms. The number of para-hydroxylation sites is 1. The van der Waals surface area contributed by atoms with E-state index in [4.69, 9.17) is 11.6 Å². The number of halogens is 1. The predicted molar refractivity (Wildman–Crippen MR) is 136 cm³/mol. The van der Waals surface area contributed by atoms with Crippen LogP contribution in [0.25, 0.3) is 11.1 Å². The van der Waals surface area contributed by atoms with Crippen molar-refractivity contribution in [1.29, 1.82) is 0 Å². The first kappa shape index (κ1) is 21.5. The maximum Gasteiger partial charge on any atom is 0.271 e. The first-order valence-electron chi connectivity index (χ1n) is 10.2. The van der Waals surface area contributed by atoms with Crippen LogP contribution in [0.1, 0.15) is 17.5 Å². The number of benzene rings is 2. The minimum atomic E-state index is 0.0493. The lowest BCUT2D eigenvalue weighted by atomic mass is 10.2. The van der Waals surface area contributed by atoms with Gasteiger partial charge in [-0.2, -0.15) is 4.57 Å². The van der Waals surface area contributed by atoms with E-state index < -0.39 is 0 Å². The Balaban J connectivity index is 1.62. The van der Waals surface area contributed by atoms with Gasteiger partial charge in [-0.15, -0.1) is 11.3 Å². The van der Waals surface area contributed by atoms with Gasteiger partial charge in [0, 0.05) is 24.1 Å². The molecule has 1 aliphatic rings.